The monoisotopic (exact) mass is 717 g/mol. The fraction of sp³-hybridized carbons (Fsp3) is 0.222. The minimum absolute atomic E-state index is 0.884. The summed E-state index contributed by atoms with van der Waals surface area (Å²) in [6.07, 6.45) is 1.31. The maximum Gasteiger partial charge on any atom is -0.0398 e. The van der Waals surface area contributed by atoms with Crippen LogP contribution < -0.4 is 0 Å². The Kier molecular flexibility index (Phi) is 31.1. The zero-order valence-electron chi connectivity index (χ0n) is 35.0. The first kappa shape index (κ1) is 48.5. The smallest absolute Gasteiger partial charge is 0.0398 e. The van der Waals surface area contributed by atoms with Crippen LogP contribution in [0.4, 0.5) is 0 Å². The topological polar surface area (TPSA) is 0 Å². The van der Waals surface area contributed by atoms with Crippen molar-refractivity contribution < 1.29 is 0 Å². The summed E-state index contributed by atoms with van der Waals surface area (Å²) in [4.78, 5) is 0. The molecule has 0 N–H and O–H groups in total. The molecule has 7 aromatic carbocycles. The summed E-state index contributed by atoms with van der Waals surface area (Å²) in [7, 11) is 0. The van der Waals surface area contributed by atoms with Crippen molar-refractivity contribution in [2.24, 2.45) is 5.92 Å². The first-order chi connectivity index (χ1) is 26.0. The molecule has 0 nitrogen and oxygen atoms in total. The lowest BCUT2D eigenvalue weighted by Crippen LogP contribution is -1.77. The highest BCUT2D eigenvalue weighted by Gasteiger charge is 1.80. The van der Waals surface area contributed by atoms with Gasteiger partial charge in [0.15, 0.2) is 0 Å². The molecule has 0 heteroatoms. The van der Waals surface area contributed by atoms with E-state index in [9.17, 15) is 0 Å². The van der Waals surface area contributed by atoms with Crippen LogP contribution in [0.1, 0.15) is 66.1 Å². The van der Waals surface area contributed by atoms with Crippen molar-refractivity contribution in [3.8, 4) is 0 Å². The predicted octanol–water partition coefficient (Wildman–Crippen LogP) is 16.0. The Balaban J connectivity index is 0.000000596. The molecule has 7 rings (SSSR count). The van der Waals surface area contributed by atoms with E-state index in [1.54, 1.807) is 0 Å². The van der Waals surface area contributed by atoms with Crippen LogP contribution in [0, 0.1) is 54.4 Å². The van der Waals surface area contributed by atoms with E-state index in [4.69, 9.17) is 0 Å². The highest BCUT2D eigenvalue weighted by molar-refractivity contribution is 5.15. The molecule has 7 aromatic rings. The van der Waals surface area contributed by atoms with E-state index in [1.165, 1.54) is 45.4 Å². The number of rotatable bonds is 1. The third-order valence-corrected chi connectivity index (χ3v) is 7.40. The molecule has 0 saturated heterocycles. The lowest BCUT2D eigenvalue weighted by Gasteiger charge is -1.90. The average molecular weight is 717 g/mol. The van der Waals surface area contributed by atoms with Gasteiger partial charge in [0, 0.05) is 0 Å². The molecule has 0 spiro atoms. The van der Waals surface area contributed by atoms with Crippen LogP contribution in [-0.2, 0) is 0 Å². The van der Waals surface area contributed by atoms with Crippen molar-refractivity contribution >= 4 is 0 Å². The SMILES string of the molecule is CCC(C)C.Cc1ccccc1.Cc1ccccc1.Cc1ccccc1.Cc1ccccc1.Cc1ccccc1.Cc1ccccc1.Cc1ccccc1. The van der Waals surface area contributed by atoms with E-state index < -0.39 is 0 Å². The van der Waals surface area contributed by atoms with Crippen LogP contribution in [0.2, 0.25) is 0 Å². The zero-order valence-corrected chi connectivity index (χ0v) is 35.0. The minimum Gasteiger partial charge on any atom is -0.0651 e. The van der Waals surface area contributed by atoms with Gasteiger partial charge in [0.25, 0.3) is 0 Å². The second kappa shape index (κ2) is 34.6. The first-order valence-electron chi connectivity index (χ1n) is 19.1. The number of hydrogen-bond donors (Lipinski definition) is 0. The van der Waals surface area contributed by atoms with E-state index in [1.807, 2.05) is 127 Å². The van der Waals surface area contributed by atoms with Gasteiger partial charge < -0.3 is 0 Å². The molecule has 0 heterocycles. The van der Waals surface area contributed by atoms with Gasteiger partial charge in [-0.25, -0.2) is 0 Å². The highest BCUT2D eigenvalue weighted by Crippen LogP contribution is 1.96. The van der Waals surface area contributed by atoms with E-state index in [0.29, 0.717) is 0 Å². The summed E-state index contributed by atoms with van der Waals surface area (Å²) in [5, 5.41) is 0. The Morgan fingerprint density at radius 2 is 0.333 bits per heavy atom. The van der Waals surface area contributed by atoms with Crippen LogP contribution in [0.25, 0.3) is 0 Å². The van der Waals surface area contributed by atoms with Crippen molar-refractivity contribution in [1.29, 1.82) is 0 Å². The zero-order chi connectivity index (χ0) is 40.1. The number of hydrogen-bond acceptors (Lipinski definition) is 0. The van der Waals surface area contributed by atoms with Crippen LogP contribution in [0.15, 0.2) is 212 Å². The van der Waals surface area contributed by atoms with Gasteiger partial charge in [0.2, 0.25) is 0 Å². The highest BCUT2D eigenvalue weighted by atomic mass is 13.9. The molecule has 0 amide bonds. The Labute approximate surface area is 331 Å². The van der Waals surface area contributed by atoms with Gasteiger partial charge in [-0.3, -0.25) is 0 Å². The number of benzene rings is 7. The molecular formula is C54H68. The van der Waals surface area contributed by atoms with Gasteiger partial charge in [-0.2, -0.15) is 0 Å². The minimum atomic E-state index is 0.884. The maximum atomic E-state index is 2.22. The lowest BCUT2D eigenvalue weighted by atomic mass is 10.2. The third-order valence-electron chi connectivity index (χ3n) is 7.40. The van der Waals surface area contributed by atoms with Crippen LogP contribution in [0.5, 0.6) is 0 Å². The van der Waals surface area contributed by atoms with Crippen molar-refractivity contribution in [1.82, 2.24) is 0 Å². The van der Waals surface area contributed by atoms with E-state index in [0.717, 1.165) is 5.92 Å². The second-order valence-corrected chi connectivity index (χ2v) is 13.4. The molecule has 0 bridgehead atoms. The molecule has 0 fully saturated rings. The molecule has 284 valence electrons. The third kappa shape index (κ3) is 35.0. The van der Waals surface area contributed by atoms with E-state index in [-0.39, 0.29) is 0 Å². The molecule has 0 saturated carbocycles. The Morgan fingerprint density at radius 3 is 0.370 bits per heavy atom. The van der Waals surface area contributed by atoms with Crippen LogP contribution in [-0.4, -0.2) is 0 Å². The van der Waals surface area contributed by atoms with Gasteiger partial charge in [-0.05, 0) is 54.4 Å². The summed E-state index contributed by atoms with van der Waals surface area (Å²) in [6.45, 7) is 21.2. The average Bonchev–Trinajstić information content (AvgIpc) is 3.19. The summed E-state index contributed by atoms with van der Waals surface area (Å²) in [6, 6.07) is 71.8. The van der Waals surface area contributed by atoms with Gasteiger partial charge in [-0.15, -0.1) is 0 Å². The van der Waals surface area contributed by atoms with E-state index >= 15 is 0 Å². The van der Waals surface area contributed by atoms with Crippen molar-refractivity contribution in [2.45, 2.75) is 75.7 Å². The van der Waals surface area contributed by atoms with Gasteiger partial charge in [0.1, 0.15) is 0 Å². The van der Waals surface area contributed by atoms with Gasteiger partial charge in [0.05, 0.1) is 0 Å². The van der Waals surface area contributed by atoms with Gasteiger partial charge in [-0.1, -0.05) is 278 Å². The largest absolute Gasteiger partial charge is 0.0651 e. The summed E-state index contributed by atoms with van der Waals surface area (Å²) in [5.74, 6) is 0.884. The molecule has 54 heavy (non-hydrogen) atoms. The van der Waals surface area contributed by atoms with Crippen molar-refractivity contribution in [3.05, 3.63) is 251 Å². The maximum absolute atomic E-state index is 2.22. The summed E-state index contributed by atoms with van der Waals surface area (Å²) < 4.78 is 0. The Morgan fingerprint density at radius 1 is 0.241 bits per heavy atom. The van der Waals surface area contributed by atoms with Crippen LogP contribution in [0.3, 0.4) is 0 Å². The fourth-order valence-corrected chi connectivity index (χ4v) is 3.74. The second-order valence-electron chi connectivity index (χ2n) is 13.4. The normalized spacial score (nSPS) is 8.80. The predicted molar refractivity (Wildman–Crippen MR) is 243 cm³/mol. The Hall–Kier alpha value is -5.46. The summed E-state index contributed by atoms with van der Waals surface area (Å²) in [5.41, 5.74) is 9.25. The molecule has 0 unspecified atom stereocenters. The molecule has 0 aliphatic carbocycles. The number of aryl methyl sites for hydroxylation is 7. The molecular weight excluding hydrogens is 649 g/mol. The fourth-order valence-electron chi connectivity index (χ4n) is 3.74. The molecule has 0 aliphatic rings. The van der Waals surface area contributed by atoms with Crippen molar-refractivity contribution in [2.75, 3.05) is 0 Å². The van der Waals surface area contributed by atoms with Gasteiger partial charge >= 0.3 is 0 Å². The summed E-state index contributed by atoms with van der Waals surface area (Å²) >= 11 is 0. The quantitative estimate of drug-likeness (QED) is 0.159. The van der Waals surface area contributed by atoms with Crippen LogP contribution >= 0.6 is 0 Å². The first-order valence-corrected chi connectivity index (χ1v) is 19.1. The molecule has 0 atom stereocenters. The lowest BCUT2D eigenvalue weighted by molar-refractivity contribution is 0.626. The standard InChI is InChI=1S/7C7H8.C5H12/c7*1-7-5-3-2-4-6-7;1-4-5(2)3/h7*2-6H,1H3;5H,4H2,1-3H3. The molecule has 0 aliphatic heterocycles. The molecule has 0 aromatic heterocycles. The molecule has 0 radical (unpaired) electrons. The Bertz CT molecular complexity index is 1340. The van der Waals surface area contributed by atoms with E-state index in [2.05, 4.69) is 154 Å². The van der Waals surface area contributed by atoms with Crippen molar-refractivity contribution in [3.63, 3.8) is 0 Å².